The minimum Gasteiger partial charge on any atom is -0.467 e. The summed E-state index contributed by atoms with van der Waals surface area (Å²) in [4.78, 5) is 2.36. The van der Waals surface area contributed by atoms with Crippen LogP contribution in [0.4, 0.5) is 0 Å². The molecule has 2 heterocycles. The number of hydrogen-bond acceptors (Lipinski definition) is 4. The molecule has 2 fully saturated rings. The highest BCUT2D eigenvalue weighted by Gasteiger charge is 2.21. The van der Waals surface area contributed by atoms with E-state index in [2.05, 4.69) is 23.3 Å². The third kappa shape index (κ3) is 3.81. The lowest BCUT2D eigenvalue weighted by atomic mass is 10.1. The predicted molar refractivity (Wildman–Crippen MR) is 73.9 cm³/mol. The largest absolute Gasteiger partial charge is 0.467 e. The highest BCUT2D eigenvalue weighted by atomic mass is 16.5. The van der Waals surface area contributed by atoms with Crippen LogP contribution in [0.3, 0.4) is 0 Å². The van der Waals surface area contributed by atoms with Crippen molar-refractivity contribution in [1.82, 2.24) is 10.2 Å². The molecule has 1 aromatic rings. The lowest BCUT2D eigenvalue weighted by molar-refractivity contribution is -0.00517. The zero-order chi connectivity index (χ0) is 13.1. The summed E-state index contributed by atoms with van der Waals surface area (Å²) in [6.07, 6.45) is 7.07. The van der Waals surface area contributed by atoms with Gasteiger partial charge in [0.05, 0.1) is 12.4 Å². The van der Waals surface area contributed by atoms with Crippen molar-refractivity contribution in [2.45, 2.75) is 51.0 Å². The molecule has 1 aliphatic carbocycles. The number of ether oxygens (including phenoxy) is 1. The van der Waals surface area contributed by atoms with Crippen LogP contribution in [0.5, 0.6) is 0 Å². The molecule has 0 amide bonds. The molecular weight excluding hydrogens is 240 g/mol. The average Bonchev–Trinajstić information content (AvgIpc) is 3.15. The van der Waals surface area contributed by atoms with Crippen LogP contribution in [0.25, 0.3) is 0 Å². The van der Waals surface area contributed by atoms with Crippen LogP contribution >= 0.6 is 0 Å². The second-order valence-electron chi connectivity index (χ2n) is 5.84. The standard InChI is InChI=1S/C15H24N2O2/c1-17-7-4-14(5-8-17)19-11-15-12(6-9-18-15)10-16-13-2-3-13/h6,9,13-14,16H,2-5,7-8,10-11H2,1H3. The molecule has 0 bridgehead atoms. The van der Waals surface area contributed by atoms with E-state index >= 15 is 0 Å². The summed E-state index contributed by atoms with van der Waals surface area (Å²) in [5.74, 6) is 0.993. The number of furan rings is 1. The number of nitrogens with one attached hydrogen (secondary N) is 1. The monoisotopic (exact) mass is 264 g/mol. The van der Waals surface area contributed by atoms with Gasteiger partial charge in [0.1, 0.15) is 12.4 Å². The van der Waals surface area contributed by atoms with Crippen molar-refractivity contribution < 1.29 is 9.15 Å². The van der Waals surface area contributed by atoms with Gasteiger partial charge in [-0.15, -0.1) is 0 Å². The van der Waals surface area contributed by atoms with Crippen molar-refractivity contribution >= 4 is 0 Å². The summed E-state index contributed by atoms with van der Waals surface area (Å²) in [6, 6.07) is 2.79. The Labute approximate surface area is 115 Å². The van der Waals surface area contributed by atoms with Crippen molar-refractivity contribution in [1.29, 1.82) is 0 Å². The Morgan fingerprint density at radius 2 is 2.11 bits per heavy atom. The summed E-state index contributed by atoms with van der Waals surface area (Å²) in [5.41, 5.74) is 1.25. The smallest absolute Gasteiger partial charge is 0.133 e. The number of nitrogens with zero attached hydrogens (tertiary/aromatic N) is 1. The van der Waals surface area contributed by atoms with Gasteiger partial charge in [0.15, 0.2) is 0 Å². The van der Waals surface area contributed by atoms with Gasteiger partial charge in [-0.2, -0.15) is 0 Å². The molecule has 1 N–H and O–H groups in total. The normalized spacial score (nSPS) is 21.9. The molecule has 2 aliphatic rings. The molecule has 4 heteroatoms. The van der Waals surface area contributed by atoms with E-state index in [1.165, 1.54) is 18.4 Å². The maximum absolute atomic E-state index is 5.99. The van der Waals surface area contributed by atoms with Gasteiger partial charge < -0.3 is 19.4 Å². The highest BCUT2D eigenvalue weighted by molar-refractivity contribution is 5.16. The number of likely N-dealkylation sites (tertiary alicyclic amines) is 1. The van der Waals surface area contributed by atoms with Gasteiger partial charge >= 0.3 is 0 Å². The fourth-order valence-electron chi connectivity index (χ4n) is 2.54. The molecule has 1 aliphatic heterocycles. The van der Waals surface area contributed by atoms with E-state index in [1.54, 1.807) is 6.26 Å². The van der Waals surface area contributed by atoms with Crippen LogP contribution in [0.1, 0.15) is 37.0 Å². The van der Waals surface area contributed by atoms with Gasteiger partial charge in [-0.3, -0.25) is 0 Å². The molecule has 0 unspecified atom stereocenters. The zero-order valence-corrected chi connectivity index (χ0v) is 11.7. The Balaban J connectivity index is 1.45. The molecule has 3 rings (SSSR count). The minimum absolute atomic E-state index is 0.394. The molecule has 0 atom stereocenters. The molecular formula is C15H24N2O2. The molecule has 0 spiro atoms. The van der Waals surface area contributed by atoms with E-state index in [4.69, 9.17) is 9.15 Å². The van der Waals surface area contributed by atoms with Crippen LogP contribution in [0.15, 0.2) is 16.7 Å². The van der Waals surface area contributed by atoms with Crippen LogP contribution in [0, 0.1) is 0 Å². The zero-order valence-electron chi connectivity index (χ0n) is 11.7. The van der Waals surface area contributed by atoms with E-state index in [0.717, 1.165) is 44.3 Å². The van der Waals surface area contributed by atoms with Gasteiger partial charge in [0, 0.05) is 31.2 Å². The molecule has 19 heavy (non-hydrogen) atoms. The van der Waals surface area contributed by atoms with Crippen molar-refractivity contribution in [3.63, 3.8) is 0 Å². The summed E-state index contributed by atoms with van der Waals surface area (Å²) >= 11 is 0. The first-order chi connectivity index (χ1) is 9.31. The summed E-state index contributed by atoms with van der Waals surface area (Å²) < 4.78 is 11.5. The van der Waals surface area contributed by atoms with Gasteiger partial charge in [-0.05, 0) is 38.8 Å². The third-order valence-electron chi connectivity index (χ3n) is 4.11. The van der Waals surface area contributed by atoms with Gasteiger partial charge in [-0.25, -0.2) is 0 Å². The summed E-state index contributed by atoms with van der Waals surface area (Å²) in [6.45, 7) is 3.80. The maximum atomic E-state index is 5.99. The van der Waals surface area contributed by atoms with Crippen molar-refractivity contribution in [2.75, 3.05) is 20.1 Å². The minimum atomic E-state index is 0.394. The predicted octanol–water partition coefficient (Wildman–Crippen LogP) is 2.14. The van der Waals surface area contributed by atoms with E-state index in [0.29, 0.717) is 12.7 Å². The fourth-order valence-corrected chi connectivity index (χ4v) is 2.54. The quantitative estimate of drug-likeness (QED) is 0.854. The second-order valence-corrected chi connectivity index (χ2v) is 5.84. The number of piperidine rings is 1. The second kappa shape index (κ2) is 6.07. The van der Waals surface area contributed by atoms with Gasteiger partial charge in [0.2, 0.25) is 0 Å². The molecule has 0 radical (unpaired) electrons. The molecule has 1 saturated carbocycles. The van der Waals surface area contributed by atoms with Crippen LogP contribution in [-0.4, -0.2) is 37.2 Å². The Hall–Kier alpha value is -0.840. The SMILES string of the molecule is CN1CCC(OCc2occc2CNC2CC2)CC1. The topological polar surface area (TPSA) is 37.6 Å². The number of rotatable bonds is 6. The third-order valence-corrected chi connectivity index (χ3v) is 4.11. The molecule has 106 valence electrons. The first-order valence-electron chi connectivity index (χ1n) is 7.40. The first kappa shape index (κ1) is 13.2. The Morgan fingerprint density at radius 1 is 1.32 bits per heavy atom. The average molecular weight is 264 g/mol. The summed E-state index contributed by atoms with van der Waals surface area (Å²) in [5, 5.41) is 3.52. The molecule has 1 aromatic heterocycles. The first-order valence-corrected chi connectivity index (χ1v) is 7.40. The van der Waals surface area contributed by atoms with Gasteiger partial charge in [-0.1, -0.05) is 0 Å². The molecule has 0 aromatic carbocycles. The summed E-state index contributed by atoms with van der Waals surface area (Å²) in [7, 11) is 2.17. The van der Waals surface area contributed by atoms with E-state index in [1.807, 2.05) is 0 Å². The van der Waals surface area contributed by atoms with E-state index in [-0.39, 0.29) is 0 Å². The Kier molecular flexibility index (Phi) is 4.21. The van der Waals surface area contributed by atoms with E-state index in [9.17, 15) is 0 Å². The number of hydrogen-bond donors (Lipinski definition) is 1. The van der Waals surface area contributed by atoms with Crippen molar-refractivity contribution in [3.05, 3.63) is 23.7 Å². The van der Waals surface area contributed by atoms with Crippen LogP contribution in [0.2, 0.25) is 0 Å². The maximum Gasteiger partial charge on any atom is 0.133 e. The fraction of sp³-hybridized carbons (Fsp3) is 0.733. The highest BCUT2D eigenvalue weighted by Crippen LogP contribution is 2.21. The lowest BCUT2D eigenvalue weighted by Gasteiger charge is -2.28. The van der Waals surface area contributed by atoms with Crippen LogP contribution < -0.4 is 5.32 Å². The van der Waals surface area contributed by atoms with Gasteiger partial charge in [0.25, 0.3) is 0 Å². The Bertz CT molecular complexity index is 393. The van der Waals surface area contributed by atoms with Crippen molar-refractivity contribution in [2.24, 2.45) is 0 Å². The Morgan fingerprint density at radius 3 is 2.84 bits per heavy atom. The lowest BCUT2D eigenvalue weighted by Crippen LogP contribution is -2.34. The van der Waals surface area contributed by atoms with Crippen LogP contribution in [-0.2, 0) is 17.9 Å². The molecule has 1 saturated heterocycles. The molecule has 4 nitrogen and oxygen atoms in total. The van der Waals surface area contributed by atoms with Crippen molar-refractivity contribution in [3.8, 4) is 0 Å². The van der Waals surface area contributed by atoms with E-state index < -0.39 is 0 Å².